The zero-order valence-corrected chi connectivity index (χ0v) is 9.78. The Morgan fingerprint density at radius 1 is 1.37 bits per heavy atom. The van der Waals surface area contributed by atoms with Crippen molar-refractivity contribution in [3.8, 4) is 0 Å². The highest BCUT2D eigenvalue weighted by atomic mass is 19.1. The third kappa shape index (κ3) is 3.36. The van der Waals surface area contributed by atoms with Gasteiger partial charge in [0.2, 0.25) is 5.91 Å². The molecular formula is C11H11F2N3O3. The van der Waals surface area contributed by atoms with E-state index in [9.17, 15) is 23.7 Å². The van der Waals surface area contributed by atoms with Gasteiger partial charge in [-0.3, -0.25) is 14.9 Å². The number of amides is 1. The molecule has 0 bridgehead atoms. The van der Waals surface area contributed by atoms with E-state index >= 15 is 0 Å². The summed E-state index contributed by atoms with van der Waals surface area (Å²) in [5, 5.41) is 15.3. The molecule has 1 fully saturated rings. The molecule has 6 nitrogen and oxygen atoms in total. The molecule has 0 aromatic heterocycles. The van der Waals surface area contributed by atoms with Crippen molar-refractivity contribution in [2.24, 2.45) is 0 Å². The number of carbonyl (C=O) groups is 1. The van der Waals surface area contributed by atoms with Crippen LogP contribution in [0.1, 0.15) is 12.8 Å². The molecule has 0 spiro atoms. The summed E-state index contributed by atoms with van der Waals surface area (Å²) in [4.78, 5) is 20.8. The zero-order valence-electron chi connectivity index (χ0n) is 9.78. The molecule has 1 amide bonds. The number of halogens is 2. The van der Waals surface area contributed by atoms with Crippen molar-refractivity contribution in [2.45, 2.75) is 18.9 Å². The molecule has 0 heterocycles. The fourth-order valence-electron chi connectivity index (χ4n) is 1.51. The number of anilines is 1. The molecular weight excluding hydrogens is 260 g/mol. The minimum Gasteiger partial charge on any atom is -0.371 e. The Kier molecular flexibility index (Phi) is 3.59. The lowest BCUT2D eigenvalue weighted by Gasteiger charge is -2.08. The van der Waals surface area contributed by atoms with Gasteiger partial charge in [-0.05, 0) is 12.8 Å². The molecule has 2 rings (SSSR count). The van der Waals surface area contributed by atoms with E-state index in [1.54, 1.807) is 0 Å². The number of benzene rings is 1. The first kappa shape index (κ1) is 13.2. The smallest absolute Gasteiger partial charge is 0.275 e. The van der Waals surface area contributed by atoms with Crippen LogP contribution in [0, 0.1) is 21.7 Å². The zero-order chi connectivity index (χ0) is 14.0. The van der Waals surface area contributed by atoms with E-state index in [4.69, 9.17) is 0 Å². The minimum atomic E-state index is -1.11. The molecule has 8 heteroatoms. The summed E-state index contributed by atoms with van der Waals surface area (Å²) in [5.41, 5.74) is -1.22. The summed E-state index contributed by atoms with van der Waals surface area (Å²) in [6, 6.07) is 1.36. The van der Waals surface area contributed by atoms with E-state index in [0.717, 1.165) is 12.8 Å². The van der Waals surface area contributed by atoms with Gasteiger partial charge in [0.15, 0.2) is 11.6 Å². The normalized spacial score (nSPS) is 14.0. The average molecular weight is 271 g/mol. The van der Waals surface area contributed by atoms with Gasteiger partial charge in [-0.15, -0.1) is 0 Å². The molecule has 1 aliphatic carbocycles. The van der Waals surface area contributed by atoms with Crippen molar-refractivity contribution >= 4 is 17.3 Å². The van der Waals surface area contributed by atoms with Gasteiger partial charge in [-0.1, -0.05) is 0 Å². The number of carbonyl (C=O) groups excluding carboxylic acids is 1. The van der Waals surface area contributed by atoms with Gasteiger partial charge in [0.1, 0.15) is 5.69 Å². The van der Waals surface area contributed by atoms with Crippen LogP contribution in [0.25, 0.3) is 0 Å². The number of nitrogens with zero attached hydrogens (tertiary/aromatic N) is 1. The number of nitro groups is 1. The highest BCUT2D eigenvalue weighted by molar-refractivity contribution is 5.81. The quantitative estimate of drug-likeness (QED) is 0.628. The fraction of sp³-hybridized carbons (Fsp3) is 0.364. The standard InChI is InChI=1S/C11H11F2N3O3/c12-8-3-7(16(18)19)4-9(13)11(8)14-5-10(17)15-6-1-2-6/h3-4,6,14H,1-2,5H2,(H,15,17). The summed E-state index contributed by atoms with van der Waals surface area (Å²) < 4.78 is 26.9. The van der Waals surface area contributed by atoms with E-state index in [-0.39, 0.29) is 18.5 Å². The average Bonchev–Trinajstić information content (AvgIpc) is 3.11. The second-order valence-corrected chi connectivity index (χ2v) is 4.24. The van der Waals surface area contributed by atoms with E-state index in [0.29, 0.717) is 12.1 Å². The second kappa shape index (κ2) is 5.17. The van der Waals surface area contributed by atoms with Crippen molar-refractivity contribution in [3.05, 3.63) is 33.9 Å². The number of hydrogen-bond acceptors (Lipinski definition) is 4. The third-order valence-electron chi connectivity index (χ3n) is 2.61. The Morgan fingerprint density at radius 2 is 1.95 bits per heavy atom. The Bertz CT molecular complexity index is 509. The lowest BCUT2D eigenvalue weighted by molar-refractivity contribution is -0.385. The first-order valence-corrected chi connectivity index (χ1v) is 5.64. The van der Waals surface area contributed by atoms with E-state index < -0.39 is 27.9 Å². The predicted molar refractivity (Wildman–Crippen MR) is 62.7 cm³/mol. The number of nitrogens with one attached hydrogen (secondary N) is 2. The van der Waals surface area contributed by atoms with Gasteiger partial charge < -0.3 is 10.6 Å². The molecule has 0 unspecified atom stereocenters. The van der Waals surface area contributed by atoms with Crippen LogP contribution in [0.4, 0.5) is 20.2 Å². The molecule has 102 valence electrons. The van der Waals surface area contributed by atoms with Crippen LogP contribution >= 0.6 is 0 Å². The Morgan fingerprint density at radius 3 is 2.42 bits per heavy atom. The molecule has 0 radical (unpaired) electrons. The number of non-ortho nitro benzene ring substituents is 1. The third-order valence-corrected chi connectivity index (χ3v) is 2.61. The SMILES string of the molecule is O=C(CNc1c(F)cc([N+](=O)[O-])cc1F)NC1CC1. The van der Waals surface area contributed by atoms with Gasteiger partial charge in [0.05, 0.1) is 23.6 Å². The molecule has 1 aromatic carbocycles. The summed E-state index contributed by atoms with van der Waals surface area (Å²) >= 11 is 0. The first-order chi connectivity index (χ1) is 8.97. The molecule has 2 N–H and O–H groups in total. The molecule has 19 heavy (non-hydrogen) atoms. The van der Waals surface area contributed by atoms with Gasteiger partial charge in [-0.25, -0.2) is 8.78 Å². The maximum Gasteiger partial charge on any atom is 0.275 e. The Labute approximate surface area is 106 Å². The van der Waals surface area contributed by atoms with Crippen molar-refractivity contribution in [3.63, 3.8) is 0 Å². The van der Waals surface area contributed by atoms with E-state index in [2.05, 4.69) is 10.6 Å². The number of rotatable bonds is 5. The van der Waals surface area contributed by atoms with Crippen LogP contribution in [0.2, 0.25) is 0 Å². The van der Waals surface area contributed by atoms with Crippen LogP contribution < -0.4 is 10.6 Å². The van der Waals surface area contributed by atoms with Crippen LogP contribution in [0.5, 0.6) is 0 Å². The van der Waals surface area contributed by atoms with Crippen molar-refractivity contribution in [2.75, 3.05) is 11.9 Å². The highest BCUT2D eigenvalue weighted by Crippen LogP contribution is 2.24. The van der Waals surface area contributed by atoms with Crippen molar-refractivity contribution < 1.29 is 18.5 Å². The molecule has 1 saturated carbocycles. The Hall–Kier alpha value is -2.25. The molecule has 0 atom stereocenters. The summed E-state index contributed by atoms with van der Waals surface area (Å²) in [7, 11) is 0. The highest BCUT2D eigenvalue weighted by Gasteiger charge is 2.23. The van der Waals surface area contributed by atoms with Crippen LogP contribution in [0.3, 0.4) is 0 Å². The summed E-state index contributed by atoms with van der Waals surface area (Å²) in [6.07, 6.45) is 1.82. The van der Waals surface area contributed by atoms with Crippen LogP contribution in [0.15, 0.2) is 12.1 Å². The second-order valence-electron chi connectivity index (χ2n) is 4.24. The monoisotopic (exact) mass is 271 g/mol. The lowest BCUT2D eigenvalue weighted by Crippen LogP contribution is -2.31. The summed E-state index contributed by atoms with van der Waals surface area (Å²) in [5.74, 6) is -2.59. The maximum atomic E-state index is 13.5. The molecule has 0 aliphatic heterocycles. The van der Waals surface area contributed by atoms with Gasteiger partial charge in [0, 0.05) is 6.04 Å². The largest absolute Gasteiger partial charge is 0.371 e. The lowest BCUT2D eigenvalue weighted by atomic mass is 10.2. The van der Waals surface area contributed by atoms with Crippen LogP contribution in [-0.4, -0.2) is 23.4 Å². The van der Waals surface area contributed by atoms with E-state index in [1.807, 2.05) is 0 Å². The Balaban J connectivity index is 2.03. The fourth-order valence-corrected chi connectivity index (χ4v) is 1.51. The topological polar surface area (TPSA) is 84.3 Å². The first-order valence-electron chi connectivity index (χ1n) is 5.64. The summed E-state index contributed by atoms with van der Waals surface area (Å²) in [6.45, 7) is -0.290. The minimum absolute atomic E-state index is 0.154. The predicted octanol–water partition coefficient (Wildman–Crippen LogP) is 1.56. The van der Waals surface area contributed by atoms with Gasteiger partial charge >= 0.3 is 0 Å². The molecule has 1 aromatic rings. The number of nitro benzene ring substituents is 1. The van der Waals surface area contributed by atoms with E-state index in [1.165, 1.54) is 0 Å². The maximum absolute atomic E-state index is 13.5. The molecule has 1 aliphatic rings. The van der Waals surface area contributed by atoms with Crippen molar-refractivity contribution in [1.29, 1.82) is 0 Å². The van der Waals surface area contributed by atoms with Gasteiger partial charge in [0.25, 0.3) is 5.69 Å². The van der Waals surface area contributed by atoms with Crippen LogP contribution in [-0.2, 0) is 4.79 Å². The molecule has 0 saturated heterocycles. The van der Waals surface area contributed by atoms with Gasteiger partial charge in [-0.2, -0.15) is 0 Å². The number of hydrogen-bond donors (Lipinski definition) is 2. The van der Waals surface area contributed by atoms with Crippen molar-refractivity contribution in [1.82, 2.24) is 5.32 Å².